The number of carbonyl (C=O) groups excluding carboxylic acids is 2. The first kappa shape index (κ1) is 17.4. The molecule has 2 amide bonds. The molecular weight excluding hydrogens is 358 g/mol. The molecule has 27 heavy (non-hydrogen) atoms. The number of anilines is 1. The number of aromatic nitrogens is 1. The SMILES string of the molecule is O=C(NCc1scnc1-c1ccccc1)[C@H]1CCN(c2ccccc2)C1=O. The van der Waals surface area contributed by atoms with Crippen molar-refractivity contribution in [1.29, 1.82) is 0 Å². The number of amides is 2. The smallest absolute Gasteiger partial charge is 0.239 e. The summed E-state index contributed by atoms with van der Waals surface area (Å²) in [5, 5.41) is 2.92. The van der Waals surface area contributed by atoms with E-state index < -0.39 is 5.92 Å². The van der Waals surface area contributed by atoms with Crippen LogP contribution in [0, 0.1) is 5.92 Å². The minimum atomic E-state index is -0.627. The van der Waals surface area contributed by atoms with E-state index in [4.69, 9.17) is 0 Å². The van der Waals surface area contributed by atoms with Gasteiger partial charge in [-0.15, -0.1) is 11.3 Å². The molecule has 2 heterocycles. The van der Waals surface area contributed by atoms with E-state index >= 15 is 0 Å². The zero-order valence-corrected chi connectivity index (χ0v) is 15.5. The summed E-state index contributed by atoms with van der Waals surface area (Å²) in [7, 11) is 0. The molecule has 0 bridgehead atoms. The maximum absolute atomic E-state index is 12.7. The first-order valence-corrected chi connectivity index (χ1v) is 9.74. The van der Waals surface area contributed by atoms with Gasteiger partial charge in [-0.05, 0) is 18.6 Å². The highest BCUT2D eigenvalue weighted by molar-refractivity contribution is 7.10. The number of thiazole rings is 1. The van der Waals surface area contributed by atoms with E-state index in [1.807, 2.05) is 60.7 Å². The number of para-hydroxylation sites is 1. The Morgan fingerprint density at radius 1 is 1.11 bits per heavy atom. The largest absolute Gasteiger partial charge is 0.350 e. The van der Waals surface area contributed by atoms with E-state index in [-0.39, 0.29) is 11.8 Å². The Bertz CT molecular complexity index is 940. The van der Waals surface area contributed by atoms with Gasteiger partial charge >= 0.3 is 0 Å². The first-order valence-electron chi connectivity index (χ1n) is 8.86. The number of nitrogens with one attached hydrogen (secondary N) is 1. The number of carbonyl (C=O) groups is 2. The Morgan fingerprint density at radius 2 is 1.81 bits per heavy atom. The minimum absolute atomic E-state index is 0.133. The molecule has 4 rings (SSSR count). The van der Waals surface area contributed by atoms with Crippen LogP contribution >= 0.6 is 11.3 Å². The van der Waals surface area contributed by atoms with Crippen LogP contribution in [0.3, 0.4) is 0 Å². The van der Waals surface area contributed by atoms with Gasteiger partial charge in [-0.2, -0.15) is 0 Å². The molecule has 1 fully saturated rings. The van der Waals surface area contributed by atoms with Crippen molar-refractivity contribution < 1.29 is 9.59 Å². The second-order valence-corrected chi connectivity index (χ2v) is 7.31. The van der Waals surface area contributed by atoms with Crippen molar-refractivity contribution in [3.63, 3.8) is 0 Å². The van der Waals surface area contributed by atoms with Gasteiger partial charge in [0.2, 0.25) is 11.8 Å². The molecule has 1 N–H and O–H groups in total. The van der Waals surface area contributed by atoms with Gasteiger partial charge in [-0.1, -0.05) is 48.5 Å². The van der Waals surface area contributed by atoms with Crippen LogP contribution in [-0.4, -0.2) is 23.3 Å². The number of hydrogen-bond acceptors (Lipinski definition) is 4. The molecule has 0 radical (unpaired) electrons. The molecule has 0 saturated carbocycles. The molecule has 5 nitrogen and oxygen atoms in total. The summed E-state index contributed by atoms with van der Waals surface area (Å²) in [5.41, 5.74) is 4.52. The average molecular weight is 377 g/mol. The quantitative estimate of drug-likeness (QED) is 0.693. The Kier molecular flexibility index (Phi) is 4.98. The zero-order valence-electron chi connectivity index (χ0n) is 14.7. The summed E-state index contributed by atoms with van der Waals surface area (Å²) in [6.07, 6.45) is 0.536. The zero-order chi connectivity index (χ0) is 18.6. The third kappa shape index (κ3) is 3.61. The average Bonchev–Trinajstić information content (AvgIpc) is 3.34. The summed E-state index contributed by atoms with van der Waals surface area (Å²) in [6.45, 7) is 0.944. The molecule has 2 aromatic carbocycles. The summed E-state index contributed by atoms with van der Waals surface area (Å²) in [4.78, 5) is 32.3. The van der Waals surface area contributed by atoms with E-state index in [1.165, 1.54) is 11.3 Å². The third-order valence-corrected chi connectivity index (χ3v) is 5.53. The Hall–Kier alpha value is -2.99. The van der Waals surface area contributed by atoms with Gasteiger partial charge in [0, 0.05) is 17.8 Å². The van der Waals surface area contributed by atoms with Crippen molar-refractivity contribution in [2.45, 2.75) is 13.0 Å². The first-order chi connectivity index (χ1) is 13.2. The number of benzene rings is 2. The second-order valence-electron chi connectivity index (χ2n) is 6.37. The number of nitrogens with zero attached hydrogens (tertiary/aromatic N) is 2. The van der Waals surface area contributed by atoms with Gasteiger partial charge in [0.15, 0.2) is 0 Å². The Labute approximate surface area is 161 Å². The highest BCUT2D eigenvalue weighted by atomic mass is 32.1. The van der Waals surface area contributed by atoms with Crippen molar-refractivity contribution in [3.05, 3.63) is 71.1 Å². The second kappa shape index (κ2) is 7.72. The molecule has 136 valence electrons. The summed E-state index contributed by atoms with van der Waals surface area (Å²) >= 11 is 1.51. The van der Waals surface area contributed by atoms with E-state index in [2.05, 4.69) is 10.3 Å². The van der Waals surface area contributed by atoms with Crippen molar-refractivity contribution in [2.24, 2.45) is 5.92 Å². The lowest BCUT2D eigenvalue weighted by molar-refractivity contribution is -0.132. The Balaban J connectivity index is 1.41. The van der Waals surface area contributed by atoms with Crippen LogP contribution in [0.2, 0.25) is 0 Å². The molecule has 3 aromatic rings. The van der Waals surface area contributed by atoms with Gasteiger partial charge in [-0.25, -0.2) is 4.98 Å². The molecule has 1 aliphatic heterocycles. The van der Waals surface area contributed by atoms with Crippen LogP contribution in [0.1, 0.15) is 11.3 Å². The lowest BCUT2D eigenvalue weighted by Gasteiger charge is -2.16. The van der Waals surface area contributed by atoms with Crippen molar-refractivity contribution in [1.82, 2.24) is 10.3 Å². The van der Waals surface area contributed by atoms with Gasteiger partial charge in [0.25, 0.3) is 0 Å². The Morgan fingerprint density at radius 3 is 2.56 bits per heavy atom. The topological polar surface area (TPSA) is 62.3 Å². The normalized spacial score (nSPS) is 16.5. The highest BCUT2D eigenvalue weighted by Crippen LogP contribution is 2.27. The standard InChI is InChI=1S/C21H19N3O2S/c25-20(17-11-12-24(21(17)26)16-9-5-2-6-10-16)22-13-18-19(23-14-27-18)15-7-3-1-4-8-15/h1-10,14,17H,11-13H2,(H,22,25)/t17-/m1/s1. The lowest BCUT2D eigenvalue weighted by atomic mass is 10.1. The van der Waals surface area contributed by atoms with Crippen molar-refractivity contribution in [2.75, 3.05) is 11.4 Å². The predicted molar refractivity (Wildman–Crippen MR) is 106 cm³/mol. The van der Waals surface area contributed by atoms with E-state index in [0.29, 0.717) is 19.5 Å². The molecule has 1 saturated heterocycles. The van der Waals surface area contributed by atoms with E-state index in [9.17, 15) is 9.59 Å². The molecule has 1 aromatic heterocycles. The predicted octanol–water partition coefficient (Wildman–Crippen LogP) is 3.48. The van der Waals surface area contributed by atoms with Crippen LogP contribution in [0.25, 0.3) is 11.3 Å². The van der Waals surface area contributed by atoms with Crippen molar-refractivity contribution >= 4 is 28.8 Å². The van der Waals surface area contributed by atoms with Gasteiger partial charge in [-0.3, -0.25) is 9.59 Å². The number of hydrogen-bond donors (Lipinski definition) is 1. The van der Waals surface area contributed by atoms with E-state index in [1.54, 1.807) is 10.4 Å². The van der Waals surface area contributed by atoms with Gasteiger partial charge < -0.3 is 10.2 Å². The minimum Gasteiger partial charge on any atom is -0.350 e. The van der Waals surface area contributed by atoms with Crippen LogP contribution < -0.4 is 10.2 Å². The van der Waals surface area contributed by atoms with E-state index in [0.717, 1.165) is 21.8 Å². The molecule has 1 atom stereocenters. The van der Waals surface area contributed by atoms with Crippen molar-refractivity contribution in [3.8, 4) is 11.3 Å². The summed E-state index contributed by atoms with van der Waals surface area (Å²) < 4.78 is 0. The molecular formula is C21H19N3O2S. The fourth-order valence-corrected chi connectivity index (χ4v) is 4.03. The molecule has 0 unspecified atom stereocenters. The number of rotatable bonds is 5. The van der Waals surface area contributed by atoms with Crippen LogP contribution in [0.15, 0.2) is 66.2 Å². The van der Waals surface area contributed by atoms with Gasteiger partial charge in [0.1, 0.15) is 5.92 Å². The maximum Gasteiger partial charge on any atom is 0.239 e. The summed E-state index contributed by atoms with van der Waals surface area (Å²) in [6, 6.07) is 19.4. The van der Waals surface area contributed by atoms with Gasteiger partial charge in [0.05, 0.1) is 22.6 Å². The van der Waals surface area contributed by atoms with Crippen LogP contribution in [0.4, 0.5) is 5.69 Å². The lowest BCUT2D eigenvalue weighted by Crippen LogP contribution is -2.36. The highest BCUT2D eigenvalue weighted by Gasteiger charge is 2.37. The molecule has 6 heteroatoms. The molecule has 0 aliphatic carbocycles. The van der Waals surface area contributed by atoms with Crippen LogP contribution in [0.5, 0.6) is 0 Å². The fraction of sp³-hybridized carbons (Fsp3) is 0.190. The molecule has 0 spiro atoms. The molecule has 1 aliphatic rings. The van der Waals surface area contributed by atoms with Crippen LogP contribution in [-0.2, 0) is 16.1 Å². The third-order valence-electron chi connectivity index (χ3n) is 4.70. The fourth-order valence-electron chi connectivity index (χ4n) is 3.31. The summed E-state index contributed by atoms with van der Waals surface area (Å²) in [5.74, 6) is -0.976. The monoisotopic (exact) mass is 377 g/mol. The maximum atomic E-state index is 12.7.